The summed E-state index contributed by atoms with van der Waals surface area (Å²) in [6.07, 6.45) is 0. The summed E-state index contributed by atoms with van der Waals surface area (Å²) in [6, 6.07) is 12.5. The van der Waals surface area contributed by atoms with Gasteiger partial charge >= 0.3 is 5.69 Å². The second-order valence-corrected chi connectivity index (χ2v) is 5.58. The fourth-order valence-corrected chi connectivity index (χ4v) is 2.26. The first-order valence-electron chi connectivity index (χ1n) is 5.80. The van der Waals surface area contributed by atoms with Gasteiger partial charge in [0, 0.05) is 15.9 Å². The van der Waals surface area contributed by atoms with Gasteiger partial charge in [0.05, 0.1) is 4.92 Å². The molecule has 0 aliphatic carbocycles. The minimum atomic E-state index is -0.436. The molecule has 0 amide bonds. The Morgan fingerprint density at radius 2 is 1.75 bits per heavy atom. The topological polar surface area (TPSA) is 52.4 Å². The van der Waals surface area contributed by atoms with E-state index in [2.05, 4.69) is 31.9 Å². The molecule has 6 heteroatoms. The molecule has 0 aliphatic heterocycles. The van der Waals surface area contributed by atoms with E-state index in [-0.39, 0.29) is 11.4 Å². The molecule has 0 unspecified atom stereocenters. The van der Waals surface area contributed by atoms with Crippen molar-refractivity contribution in [2.45, 2.75) is 11.9 Å². The number of ether oxygens (including phenoxy) is 1. The number of hydrogen-bond donors (Lipinski definition) is 0. The molecule has 0 radical (unpaired) electrons. The van der Waals surface area contributed by atoms with Crippen molar-refractivity contribution in [3.8, 4) is 5.75 Å². The van der Waals surface area contributed by atoms with Gasteiger partial charge in [-0.05, 0) is 29.3 Å². The minimum absolute atomic E-state index is 0.0215. The van der Waals surface area contributed by atoms with Gasteiger partial charge in [0.15, 0.2) is 5.75 Å². The molecule has 0 saturated carbocycles. The summed E-state index contributed by atoms with van der Waals surface area (Å²) in [4.78, 5) is 10.5. The minimum Gasteiger partial charge on any atom is -0.482 e. The Hall–Kier alpha value is -1.40. The fraction of sp³-hybridized carbons (Fsp3) is 0.143. The first-order chi connectivity index (χ1) is 9.60. The Bertz CT molecular complexity index is 614. The standard InChI is InChI=1S/C14H11Br2NO3/c15-8-11-3-6-13(17(18)19)14(7-11)20-9-10-1-4-12(16)5-2-10/h1-7H,8-9H2. The third-order valence-electron chi connectivity index (χ3n) is 2.68. The Labute approximate surface area is 133 Å². The molecule has 0 aromatic heterocycles. The van der Waals surface area contributed by atoms with Crippen LogP contribution in [0.25, 0.3) is 0 Å². The number of rotatable bonds is 5. The van der Waals surface area contributed by atoms with Crippen LogP contribution in [0.15, 0.2) is 46.9 Å². The maximum absolute atomic E-state index is 11.0. The first-order valence-corrected chi connectivity index (χ1v) is 7.72. The van der Waals surface area contributed by atoms with Gasteiger partial charge in [-0.3, -0.25) is 10.1 Å². The van der Waals surface area contributed by atoms with Crippen LogP contribution in [0.5, 0.6) is 5.75 Å². The van der Waals surface area contributed by atoms with Crippen LogP contribution in [0.4, 0.5) is 5.69 Å². The van der Waals surface area contributed by atoms with E-state index in [9.17, 15) is 10.1 Å². The third-order valence-corrected chi connectivity index (χ3v) is 3.86. The summed E-state index contributed by atoms with van der Waals surface area (Å²) in [7, 11) is 0. The van der Waals surface area contributed by atoms with Crippen molar-refractivity contribution in [2.24, 2.45) is 0 Å². The van der Waals surface area contributed by atoms with Crippen LogP contribution in [0, 0.1) is 10.1 Å². The van der Waals surface area contributed by atoms with Gasteiger partial charge < -0.3 is 4.74 Å². The van der Waals surface area contributed by atoms with E-state index in [0.29, 0.717) is 11.9 Å². The molecule has 0 aliphatic rings. The van der Waals surface area contributed by atoms with Crippen LogP contribution >= 0.6 is 31.9 Å². The highest BCUT2D eigenvalue weighted by atomic mass is 79.9. The molecular weight excluding hydrogens is 390 g/mol. The average molecular weight is 401 g/mol. The van der Waals surface area contributed by atoms with E-state index >= 15 is 0 Å². The van der Waals surface area contributed by atoms with E-state index in [0.717, 1.165) is 15.6 Å². The number of nitro benzene ring substituents is 1. The van der Waals surface area contributed by atoms with Crippen LogP contribution in [-0.4, -0.2) is 4.92 Å². The first kappa shape index (κ1) is 15.0. The molecule has 2 aromatic carbocycles. The van der Waals surface area contributed by atoms with Crippen molar-refractivity contribution in [2.75, 3.05) is 0 Å². The lowest BCUT2D eigenvalue weighted by Gasteiger charge is -2.08. The summed E-state index contributed by atoms with van der Waals surface area (Å²) in [6.45, 7) is 0.292. The van der Waals surface area contributed by atoms with Gasteiger partial charge in [0.25, 0.3) is 0 Å². The predicted molar refractivity (Wildman–Crippen MR) is 84.2 cm³/mol. The second-order valence-electron chi connectivity index (χ2n) is 4.11. The Kier molecular flexibility index (Phi) is 5.14. The highest BCUT2D eigenvalue weighted by molar-refractivity contribution is 9.10. The molecular formula is C14H11Br2NO3. The molecule has 0 saturated heterocycles. The van der Waals surface area contributed by atoms with Gasteiger partial charge in [-0.1, -0.05) is 50.1 Å². The number of hydrogen-bond acceptors (Lipinski definition) is 3. The summed E-state index contributed by atoms with van der Waals surface area (Å²) in [5.41, 5.74) is 1.86. The van der Waals surface area contributed by atoms with E-state index in [4.69, 9.17) is 4.74 Å². The summed E-state index contributed by atoms with van der Waals surface area (Å²) in [5.74, 6) is 0.287. The predicted octanol–water partition coefficient (Wildman–Crippen LogP) is 4.83. The molecule has 0 fully saturated rings. The Morgan fingerprint density at radius 1 is 1.10 bits per heavy atom. The number of halogens is 2. The van der Waals surface area contributed by atoms with Gasteiger partial charge in [0.1, 0.15) is 6.61 Å². The molecule has 20 heavy (non-hydrogen) atoms. The molecule has 0 spiro atoms. The maximum Gasteiger partial charge on any atom is 0.310 e. The summed E-state index contributed by atoms with van der Waals surface area (Å²) in [5, 5.41) is 11.6. The van der Waals surface area contributed by atoms with Gasteiger partial charge in [-0.15, -0.1) is 0 Å². The average Bonchev–Trinajstić information content (AvgIpc) is 2.46. The summed E-state index contributed by atoms with van der Waals surface area (Å²) < 4.78 is 6.57. The highest BCUT2D eigenvalue weighted by Gasteiger charge is 2.15. The summed E-state index contributed by atoms with van der Waals surface area (Å²) >= 11 is 6.68. The van der Waals surface area contributed by atoms with Gasteiger partial charge in [-0.25, -0.2) is 0 Å². The van der Waals surface area contributed by atoms with Crippen LogP contribution in [0.1, 0.15) is 11.1 Å². The molecule has 0 N–H and O–H groups in total. The Morgan fingerprint density at radius 3 is 2.35 bits per heavy atom. The van der Waals surface area contributed by atoms with Crippen LogP contribution in [-0.2, 0) is 11.9 Å². The zero-order valence-electron chi connectivity index (χ0n) is 10.4. The van der Waals surface area contributed by atoms with E-state index in [1.165, 1.54) is 6.07 Å². The maximum atomic E-state index is 11.0. The van der Waals surface area contributed by atoms with Crippen molar-refractivity contribution < 1.29 is 9.66 Å². The quantitative estimate of drug-likeness (QED) is 0.410. The van der Waals surface area contributed by atoms with Crippen LogP contribution < -0.4 is 4.74 Å². The Balaban J connectivity index is 2.18. The normalized spacial score (nSPS) is 10.3. The molecule has 4 nitrogen and oxygen atoms in total. The zero-order chi connectivity index (χ0) is 14.5. The van der Waals surface area contributed by atoms with Crippen LogP contribution in [0.3, 0.4) is 0 Å². The third kappa shape index (κ3) is 3.80. The molecule has 0 heterocycles. The number of nitrogens with zero attached hydrogens (tertiary/aromatic N) is 1. The lowest BCUT2D eigenvalue weighted by molar-refractivity contribution is -0.386. The molecule has 0 atom stereocenters. The van der Waals surface area contributed by atoms with E-state index in [1.54, 1.807) is 12.1 Å². The molecule has 0 bridgehead atoms. The number of alkyl halides is 1. The molecule has 2 aromatic rings. The second kappa shape index (κ2) is 6.85. The monoisotopic (exact) mass is 399 g/mol. The smallest absolute Gasteiger partial charge is 0.310 e. The largest absolute Gasteiger partial charge is 0.482 e. The van der Waals surface area contributed by atoms with Gasteiger partial charge in [-0.2, -0.15) is 0 Å². The molecule has 2 rings (SSSR count). The highest BCUT2D eigenvalue weighted by Crippen LogP contribution is 2.29. The van der Waals surface area contributed by atoms with Crippen molar-refractivity contribution >= 4 is 37.5 Å². The van der Waals surface area contributed by atoms with E-state index in [1.807, 2.05) is 24.3 Å². The van der Waals surface area contributed by atoms with Crippen molar-refractivity contribution in [3.05, 3.63) is 68.2 Å². The zero-order valence-corrected chi connectivity index (χ0v) is 13.6. The van der Waals surface area contributed by atoms with Gasteiger partial charge in [0.2, 0.25) is 0 Å². The molecule has 104 valence electrons. The lowest BCUT2D eigenvalue weighted by atomic mass is 10.2. The number of nitro groups is 1. The lowest BCUT2D eigenvalue weighted by Crippen LogP contribution is -1.99. The van der Waals surface area contributed by atoms with Crippen molar-refractivity contribution in [3.63, 3.8) is 0 Å². The van der Waals surface area contributed by atoms with E-state index < -0.39 is 4.92 Å². The number of benzene rings is 2. The van der Waals surface area contributed by atoms with Crippen LogP contribution in [0.2, 0.25) is 0 Å². The SMILES string of the molecule is O=[N+]([O-])c1ccc(CBr)cc1OCc1ccc(Br)cc1. The van der Waals surface area contributed by atoms with Crippen molar-refractivity contribution in [1.29, 1.82) is 0 Å². The van der Waals surface area contributed by atoms with Crippen molar-refractivity contribution in [1.82, 2.24) is 0 Å². The fourth-order valence-electron chi connectivity index (χ4n) is 1.65.